The van der Waals surface area contributed by atoms with Gasteiger partial charge in [0.05, 0.1) is 121 Å². The Morgan fingerprint density at radius 1 is 0.385 bits per heavy atom. The van der Waals surface area contributed by atoms with Gasteiger partial charge in [0, 0.05) is 143 Å². The predicted octanol–water partition coefficient (Wildman–Crippen LogP) is 9.92. The molecule has 0 saturated carbocycles. The number of aromatic hydroxyl groups is 2. The number of carbonyl (C=O) groups is 6. The maximum absolute atomic E-state index is 12.7. The zero-order valence-corrected chi connectivity index (χ0v) is 98.7. The molecule has 8 amide bonds. The monoisotopic (exact) mass is 3160 g/mol. The predicted molar refractivity (Wildman–Crippen MR) is 483 cm³/mol. The number of carboxylic acids is 2. The molecule has 0 aromatic heterocycles. The summed E-state index contributed by atoms with van der Waals surface area (Å²) in [5, 5.41) is 37.0. The summed E-state index contributed by atoms with van der Waals surface area (Å²) < 4.78 is 36.2. The van der Waals surface area contributed by atoms with Crippen LogP contribution in [-0.4, -0.2) is 266 Å². The molecule has 0 atom stereocenters. The Hall–Kier alpha value is -6.64. The molecule has 678 valence electrons. The number of carbonyl (C=O) groups excluding carboxylic acids is 9. The van der Waals surface area contributed by atoms with Gasteiger partial charge >= 0.3 is 177 Å². The molecule has 11 rings (SSSR count). The minimum Gasteiger partial charge on any atom is -0.566 e. The summed E-state index contributed by atoms with van der Waals surface area (Å²) in [6.45, 7) is 10.0. The number of phenols is 2. The van der Waals surface area contributed by atoms with E-state index in [1.807, 2.05) is 49.7 Å². The molecule has 0 radical (unpaired) electrons. The minimum absolute atomic E-state index is 0. The minimum atomic E-state index is -1.14. The van der Waals surface area contributed by atoms with Crippen LogP contribution in [0.4, 0.5) is 45.5 Å². The summed E-state index contributed by atoms with van der Waals surface area (Å²) in [6, 6.07) is 53.2. The molecule has 3 fully saturated rings. The Morgan fingerprint density at radius 3 is 0.915 bits per heavy atom. The molecular weight excluding hydrogens is 3070 g/mol. The van der Waals surface area contributed by atoms with Crippen LogP contribution in [-0.2, 0) is 57.5 Å². The number of benzene rings is 8. The van der Waals surface area contributed by atoms with Crippen molar-refractivity contribution >= 4 is 198 Å². The van der Waals surface area contributed by atoms with Crippen LogP contribution >= 0.6 is 82.1 Å². The number of rotatable bonds is 33. The maximum atomic E-state index is 12.7. The van der Waals surface area contributed by atoms with Crippen molar-refractivity contribution in [2.45, 2.75) is 13.8 Å². The van der Waals surface area contributed by atoms with Crippen molar-refractivity contribution in [3.8, 4) is 46.0 Å². The van der Waals surface area contributed by atoms with E-state index in [2.05, 4.69) is 92.3 Å². The number of amides is 8. The number of esters is 1. The summed E-state index contributed by atoms with van der Waals surface area (Å²) in [6.07, 6.45) is 8.42. The van der Waals surface area contributed by atoms with Crippen molar-refractivity contribution in [2.24, 2.45) is 0 Å². The molecule has 0 aliphatic carbocycles. The van der Waals surface area contributed by atoms with Crippen molar-refractivity contribution in [3.05, 3.63) is 191 Å². The van der Waals surface area contributed by atoms with Crippen molar-refractivity contribution in [2.75, 3.05) is 199 Å². The maximum Gasteiger partial charge on any atom is 2.00 e. The second-order valence-electron chi connectivity index (χ2n) is 25.8. The molecule has 3 aliphatic rings. The second-order valence-corrected chi connectivity index (χ2v) is 33.5. The zero-order chi connectivity index (χ0) is 91.5. The van der Waals surface area contributed by atoms with Gasteiger partial charge in [-0.1, -0.05) is 34.8 Å². The van der Waals surface area contributed by atoms with Crippen molar-refractivity contribution in [3.63, 3.8) is 0 Å². The topological polar surface area (TPSA) is 369 Å². The van der Waals surface area contributed by atoms with Gasteiger partial charge in [-0.05, 0) is 50.2 Å². The number of carboxylic acid groups (broad SMARTS) is 2. The van der Waals surface area contributed by atoms with E-state index in [0.717, 1.165) is 36.7 Å². The zero-order valence-electron chi connectivity index (χ0n) is 70.9. The number of nitrogens with zero attached hydrogens (tertiary/aromatic N) is 11. The number of hydrogen-bond donors (Lipinski definition) is 4. The number of halogens is 6. The van der Waals surface area contributed by atoms with Crippen LogP contribution < -0.4 is 67.6 Å². The first-order valence-electron chi connectivity index (χ1n) is 37.7. The number of aliphatic carboxylic acids is 2. The normalized spacial score (nSPS) is 11.9. The third-order valence-corrected chi connectivity index (χ3v) is 18.9. The molecule has 8 aromatic carbocycles. The second kappa shape index (κ2) is 65.9. The van der Waals surface area contributed by atoms with Gasteiger partial charge in [0.2, 0.25) is 17.7 Å². The summed E-state index contributed by atoms with van der Waals surface area (Å²) in [5.74, 6) is 0.200. The van der Waals surface area contributed by atoms with E-state index in [-0.39, 0.29) is 226 Å². The van der Waals surface area contributed by atoms with Crippen LogP contribution in [0.1, 0.15) is 13.8 Å². The van der Waals surface area contributed by atoms with E-state index in [1.165, 1.54) is 73.0 Å². The van der Waals surface area contributed by atoms with E-state index in [4.69, 9.17) is 83.3 Å². The van der Waals surface area contributed by atoms with Gasteiger partial charge < -0.3 is 131 Å². The number of hydrogen-bond acceptors (Lipinski definition) is 23. The fourth-order valence-electron chi connectivity index (χ4n) is 11.7. The van der Waals surface area contributed by atoms with Crippen LogP contribution in [0.15, 0.2) is 146 Å². The fourth-order valence-corrected chi connectivity index (χ4v) is 12.3. The number of anilines is 8. The molecule has 0 unspecified atom stereocenters. The van der Waals surface area contributed by atoms with Crippen LogP contribution in [0.25, 0.3) is 0 Å². The third-order valence-electron chi connectivity index (χ3n) is 17.9. The quantitative estimate of drug-likeness (QED) is 0.0129. The first kappa shape index (κ1) is 121. The Balaban J connectivity index is 0.000000816. The number of piperazine rings is 3. The number of phenolic OH excluding ortho intramolecular Hbond substituents is 2. The first-order valence-corrected chi connectivity index (χ1v) is 41.6. The van der Waals surface area contributed by atoms with Gasteiger partial charge in [-0.25, -0.2) is 63.6 Å². The summed E-state index contributed by atoms with van der Waals surface area (Å²) >= 11 is 27.6. The number of ether oxygens (including phenoxy) is 7. The van der Waals surface area contributed by atoms with Crippen LogP contribution in [0.2, 0.25) is 15.1 Å². The molecule has 3 aliphatic heterocycles. The van der Waals surface area contributed by atoms with E-state index < -0.39 is 31.1 Å². The molecule has 4 N–H and O–H groups in total. The van der Waals surface area contributed by atoms with Gasteiger partial charge in [0.25, 0.3) is 0 Å². The van der Waals surface area contributed by atoms with Crippen molar-refractivity contribution < 1.29 is 262 Å². The average molecular weight is 3160 g/mol. The van der Waals surface area contributed by atoms with E-state index >= 15 is 0 Å². The molecule has 3 saturated heterocycles. The molecule has 0 spiro atoms. The largest absolute Gasteiger partial charge is 2.00 e. The molecule has 8 aromatic rings. The van der Waals surface area contributed by atoms with Crippen molar-refractivity contribution in [1.29, 1.82) is 0 Å². The summed E-state index contributed by atoms with van der Waals surface area (Å²) in [4.78, 5) is 142. The van der Waals surface area contributed by atoms with E-state index in [1.54, 1.807) is 117 Å². The average Bonchev–Trinajstić information content (AvgIpc) is 0.832. The Kier molecular flexibility index (Phi) is 61.5. The van der Waals surface area contributed by atoms with Gasteiger partial charge in [0.15, 0.2) is 6.61 Å². The Labute approximate surface area is 913 Å². The van der Waals surface area contributed by atoms with Gasteiger partial charge in [-0.3, -0.25) is 54.3 Å². The van der Waals surface area contributed by atoms with E-state index in [9.17, 15) is 57.8 Å². The summed E-state index contributed by atoms with van der Waals surface area (Å²) in [5.41, 5.74) is 4.82. The molecule has 3 heterocycles. The molecule has 0 bridgehead atoms. The standard InChI is InChI=1S/C22H22ClN3O6.C22H24ClN3O4.C20H20ClN3O4.C12H13NO4.C9H7NO4.BBr3.5U/c1-31-20-12-17(4-7-19(20)23)24-8-10-25(11-9-24)21(28)13-26(15-27)16-2-5-18(6-3-16)32-14-22(29)30;1-3-30-19-7-4-17(5-8-19)26(16-27)15-22(28)25-12-10-24(11-13-25)18-6-9-20(23)21(14-18)29-2;1-28-19-12-16(4-7-18(19)21)22-8-10-23(11-9-22)20(27)13-24(14-25)15-2-5-17(26)6-3-15;1-3-17-12(15)8-13(9-14)10-4-6-11(16-2)7-5-10;11-6-10(5-9(13)14)7-1-3-8(12)4-2-7;2-1(3)4;;;;;/h2,4-7,12H,8-11,13-14H2,1H3,(H,29,30);4,6-9,14H,3,10-13,15H2,1-2H3;2,4-7,12,26H,8-11,13H2,1H3;4,6-7H,3,8H2,1-2H3;1,3-4,12H,5H2,(H,13,14);;;;;;/q5*-2;;5*+2. The Morgan fingerprint density at radius 2 is 0.669 bits per heavy atom. The van der Waals surface area contributed by atoms with Crippen LogP contribution in [0.5, 0.6) is 46.0 Å². The van der Waals surface area contributed by atoms with Crippen molar-refractivity contribution in [1.82, 2.24) is 14.7 Å². The van der Waals surface area contributed by atoms with Gasteiger partial charge in [0.1, 0.15) is 17.2 Å². The number of methoxy groups -OCH3 is 4. The first-order chi connectivity index (χ1) is 60.0. The fraction of sp³-hybridized carbons (Fsp3) is 0.306. The van der Waals surface area contributed by atoms with Gasteiger partial charge in [-0.2, -0.15) is 30.3 Å². The third kappa shape index (κ3) is 41.7. The Bertz CT molecular complexity index is 4810. The van der Waals surface area contributed by atoms with Gasteiger partial charge in [-0.15, -0.1) is 77.6 Å². The molecule has 130 heavy (non-hydrogen) atoms. The summed E-state index contributed by atoms with van der Waals surface area (Å²) in [7, 11) is 6.25. The van der Waals surface area contributed by atoms with E-state index in [0.29, 0.717) is 157 Å². The molecule has 45 heteroatoms. The van der Waals surface area contributed by atoms with Crippen LogP contribution in [0.3, 0.4) is 0 Å². The van der Waals surface area contributed by atoms with Crippen LogP contribution in [0, 0.1) is 186 Å². The SMILES string of the molecule is BrB(Br)Br.CCOC(=O)CN([C-]=O)c1[c-]cc(OC)cc1.CCOc1c[c-]c(N([C-]=O)CC(=O)N2CCN(c3ccc(Cl)c(OC)c3)CC2)cc1.COc1cc(N2CCN(C(=O)CN([C-]=O)c3[c-]cc(O)cc3)CC2)ccc1Cl.COc1cc(N2CCN(C(=O)CN([C-]=O)c3[c-]cc(OCC(=O)O)cc3)CC2)ccc1Cl.O=[C-]N(CC(=O)O)c1[c-]cc(O)cc1.[U+2].[U+2].[U+2].[U+2].[U+2]. The molecule has 33 nitrogen and oxygen atoms in total. The molecular formula is C85H86BBr3Cl3N11O22U5. The smallest absolute Gasteiger partial charge is 0.566 e.